The molecular formula is C9H20NNaO3S. The molecule has 0 amide bonds. The SMILES string of the molecule is CCCS(=O)(=O)[O-].NC1CCCCC1.[Na+]. The van der Waals surface area contributed by atoms with Crippen molar-refractivity contribution in [3.63, 3.8) is 0 Å². The third kappa shape index (κ3) is 14.9. The molecule has 1 fully saturated rings. The van der Waals surface area contributed by atoms with Crippen molar-refractivity contribution in [1.29, 1.82) is 0 Å². The summed E-state index contributed by atoms with van der Waals surface area (Å²) in [6.45, 7) is 1.65. The van der Waals surface area contributed by atoms with Crippen LogP contribution < -0.4 is 35.3 Å². The van der Waals surface area contributed by atoms with Gasteiger partial charge in [-0.1, -0.05) is 26.2 Å². The van der Waals surface area contributed by atoms with E-state index in [2.05, 4.69) is 0 Å². The van der Waals surface area contributed by atoms with Crippen LogP contribution in [0.1, 0.15) is 45.4 Å². The molecule has 2 N–H and O–H groups in total. The Hall–Kier alpha value is 0.870. The molecule has 1 aliphatic rings. The summed E-state index contributed by atoms with van der Waals surface area (Å²) in [6.07, 6.45) is 7.07. The van der Waals surface area contributed by atoms with Gasteiger partial charge in [0.1, 0.15) is 0 Å². The molecule has 0 bridgehead atoms. The van der Waals surface area contributed by atoms with Gasteiger partial charge >= 0.3 is 29.6 Å². The number of rotatable bonds is 2. The average Bonchev–Trinajstić information content (AvgIpc) is 2.04. The average molecular weight is 245 g/mol. The molecule has 0 atom stereocenters. The molecule has 1 aliphatic carbocycles. The second-order valence-corrected chi connectivity index (χ2v) is 5.18. The zero-order chi connectivity index (χ0) is 11.0. The van der Waals surface area contributed by atoms with Gasteiger partial charge in [-0.25, -0.2) is 8.42 Å². The largest absolute Gasteiger partial charge is 1.00 e. The molecule has 0 radical (unpaired) electrons. The van der Waals surface area contributed by atoms with E-state index in [-0.39, 0.29) is 35.3 Å². The van der Waals surface area contributed by atoms with Crippen molar-refractivity contribution in [3.05, 3.63) is 0 Å². The molecule has 0 aromatic rings. The zero-order valence-electron chi connectivity index (χ0n) is 9.74. The van der Waals surface area contributed by atoms with Crippen LogP contribution in [0.5, 0.6) is 0 Å². The van der Waals surface area contributed by atoms with E-state index in [1.54, 1.807) is 6.92 Å². The van der Waals surface area contributed by atoms with Crippen molar-refractivity contribution < 1.29 is 42.5 Å². The van der Waals surface area contributed by atoms with E-state index < -0.39 is 10.1 Å². The maximum Gasteiger partial charge on any atom is 1.00 e. The Labute approximate surface area is 115 Å². The Morgan fingerprint density at radius 3 is 1.87 bits per heavy atom. The topological polar surface area (TPSA) is 83.2 Å². The minimum atomic E-state index is -3.92. The summed E-state index contributed by atoms with van der Waals surface area (Å²) in [4.78, 5) is 0. The molecule has 0 heterocycles. The molecule has 4 nitrogen and oxygen atoms in total. The van der Waals surface area contributed by atoms with Gasteiger partial charge in [0.25, 0.3) is 0 Å². The summed E-state index contributed by atoms with van der Waals surface area (Å²) in [5.41, 5.74) is 5.63. The van der Waals surface area contributed by atoms with Gasteiger partial charge in [0, 0.05) is 11.8 Å². The fourth-order valence-corrected chi connectivity index (χ4v) is 1.88. The third-order valence-corrected chi connectivity index (χ3v) is 3.01. The maximum atomic E-state index is 9.68. The van der Waals surface area contributed by atoms with Crippen molar-refractivity contribution in [2.75, 3.05) is 5.75 Å². The molecule has 15 heavy (non-hydrogen) atoms. The molecule has 0 saturated heterocycles. The molecular weight excluding hydrogens is 225 g/mol. The number of hydrogen-bond donors (Lipinski definition) is 1. The monoisotopic (exact) mass is 245 g/mol. The van der Waals surface area contributed by atoms with E-state index in [1.165, 1.54) is 32.1 Å². The van der Waals surface area contributed by atoms with Crippen LogP contribution in [0.25, 0.3) is 0 Å². The van der Waals surface area contributed by atoms with Gasteiger partial charge in [-0.2, -0.15) is 0 Å². The van der Waals surface area contributed by atoms with Gasteiger partial charge < -0.3 is 10.3 Å². The molecule has 6 heteroatoms. The first-order chi connectivity index (χ1) is 6.45. The van der Waals surface area contributed by atoms with Gasteiger partial charge in [0.15, 0.2) is 0 Å². The summed E-state index contributed by atoms with van der Waals surface area (Å²) in [7, 11) is -3.92. The van der Waals surface area contributed by atoms with E-state index in [1.807, 2.05) is 0 Å². The minimum Gasteiger partial charge on any atom is -0.748 e. The molecule has 86 valence electrons. The summed E-state index contributed by atoms with van der Waals surface area (Å²) in [5.74, 6) is -0.243. The molecule has 0 aliphatic heterocycles. The fourth-order valence-electron chi connectivity index (χ4n) is 1.38. The first-order valence-electron chi connectivity index (χ1n) is 5.15. The van der Waals surface area contributed by atoms with E-state index in [0.29, 0.717) is 12.5 Å². The summed E-state index contributed by atoms with van der Waals surface area (Å²) >= 11 is 0. The molecule has 1 rings (SSSR count). The number of hydrogen-bond acceptors (Lipinski definition) is 4. The predicted octanol–water partition coefficient (Wildman–Crippen LogP) is -1.78. The Morgan fingerprint density at radius 1 is 1.27 bits per heavy atom. The van der Waals surface area contributed by atoms with Crippen molar-refractivity contribution >= 4 is 10.1 Å². The predicted molar refractivity (Wildman–Crippen MR) is 55.9 cm³/mol. The van der Waals surface area contributed by atoms with Crippen LogP contribution in [0.15, 0.2) is 0 Å². The van der Waals surface area contributed by atoms with Gasteiger partial charge in [-0.05, 0) is 19.3 Å². The molecule has 0 aromatic heterocycles. The summed E-state index contributed by atoms with van der Waals surface area (Å²) in [6, 6.07) is 0.536. The molecule has 0 unspecified atom stereocenters. The zero-order valence-corrected chi connectivity index (χ0v) is 12.6. The normalized spacial score (nSPS) is 17.3. The second kappa shape index (κ2) is 10.1. The minimum absolute atomic E-state index is 0. The van der Waals surface area contributed by atoms with E-state index in [0.717, 1.165) is 0 Å². The quantitative estimate of drug-likeness (QED) is 0.461. The smallest absolute Gasteiger partial charge is 0.748 e. The van der Waals surface area contributed by atoms with Gasteiger partial charge in [0.2, 0.25) is 0 Å². The Morgan fingerprint density at radius 2 is 1.73 bits per heavy atom. The van der Waals surface area contributed by atoms with Crippen molar-refractivity contribution in [1.82, 2.24) is 0 Å². The molecule has 0 spiro atoms. The van der Waals surface area contributed by atoms with Crippen molar-refractivity contribution in [3.8, 4) is 0 Å². The first-order valence-corrected chi connectivity index (χ1v) is 6.72. The Bertz CT molecular complexity index is 226. The molecule has 0 aromatic carbocycles. The third-order valence-electron chi connectivity index (χ3n) is 2.10. The van der Waals surface area contributed by atoms with Gasteiger partial charge in [-0.3, -0.25) is 0 Å². The first kappa shape index (κ1) is 18.2. The Balaban J connectivity index is 0. The molecule has 1 saturated carbocycles. The second-order valence-electron chi connectivity index (χ2n) is 3.66. The maximum absolute atomic E-state index is 9.68. The van der Waals surface area contributed by atoms with Gasteiger partial charge in [0.05, 0.1) is 10.1 Å². The number of nitrogens with two attached hydrogens (primary N) is 1. The van der Waals surface area contributed by atoms with Crippen LogP contribution in [0.4, 0.5) is 0 Å². The van der Waals surface area contributed by atoms with Gasteiger partial charge in [-0.15, -0.1) is 0 Å². The van der Waals surface area contributed by atoms with Crippen LogP contribution in [0.3, 0.4) is 0 Å². The van der Waals surface area contributed by atoms with Crippen LogP contribution in [0, 0.1) is 0 Å². The van der Waals surface area contributed by atoms with Crippen LogP contribution >= 0.6 is 0 Å². The van der Waals surface area contributed by atoms with Crippen molar-refractivity contribution in [2.24, 2.45) is 5.73 Å². The van der Waals surface area contributed by atoms with E-state index in [9.17, 15) is 13.0 Å². The Kier molecular flexibility index (Phi) is 12.2. The van der Waals surface area contributed by atoms with Crippen LogP contribution in [-0.4, -0.2) is 24.8 Å². The summed E-state index contributed by atoms with van der Waals surface area (Å²) < 4.78 is 29.0. The summed E-state index contributed by atoms with van der Waals surface area (Å²) in [5, 5.41) is 0. The van der Waals surface area contributed by atoms with Crippen LogP contribution in [-0.2, 0) is 10.1 Å². The van der Waals surface area contributed by atoms with Crippen LogP contribution in [0.2, 0.25) is 0 Å². The van der Waals surface area contributed by atoms with E-state index >= 15 is 0 Å². The fraction of sp³-hybridized carbons (Fsp3) is 1.00. The van der Waals surface area contributed by atoms with Crippen molar-refractivity contribution in [2.45, 2.75) is 51.5 Å². The van der Waals surface area contributed by atoms with E-state index in [4.69, 9.17) is 5.73 Å². The standard InChI is InChI=1S/C6H13N.C3H8O3S.Na/c7-6-4-2-1-3-5-6;1-2-3-7(4,5)6;/h6H,1-5,7H2;2-3H2,1H3,(H,4,5,6);/q;;+1/p-1.